The first-order valence-corrected chi connectivity index (χ1v) is 7.98. The van der Waals surface area contributed by atoms with Crippen molar-refractivity contribution >= 4 is 10.0 Å². The molecular weight excluding hydrogens is 298 g/mol. The van der Waals surface area contributed by atoms with Gasteiger partial charge < -0.3 is 9.67 Å². The molecule has 0 atom stereocenters. The number of aryl methyl sites for hydroxylation is 1. The van der Waals surface area contributed by atoms with Crippen molar-refractivity contribution < 1.29 is 13.5 Å². The summed E-state index contributed by atoms with van der Waals surface area (Å²) in [6.45, 7) is 3.31. The van der Waals surface area contributed by atoms with Crippen LogP contribution in [0.3, 0.4) is 0 Å². The van der Waals surface area contributed by atoms with Crippen LogP contribution >= 0.6 is 0 Å². The Balaban J connectivity index is 3.49. The van der Waals surface area contributed by atoms with E-state index in [1.807, 2.05) is 0 Å². The first-order valence-electron chi connectivity index (χ1n) is 6.54. The number of sulfonamides is 1. The number of nitrogens with zero attached hydrogens (tertiary/aromatic N) is 3. The van der Waals surface area contributed by atoms with Crippen LogP contribution in [0, 0.1) is 0 Å². The Hall–Kier alpha value is -1.45. The fourth-order valence-corrected chi connectivity index (χ4v) is 3.79. The molecule has 0 bridgehead atoms. The van der Waals surface area contributed by atoms with Gasteiger partial charge in [0.2, 0.25) is 10.0 Å². The van der Waals surface area contributed by atoms with Crippen LogP contribution in [0.25, 0.3) is 0 Å². The Morgan fingerprint density at radius 2 is 1.86 bits per heavy atom. The van der Waals surface area contributed by atoms with E-state index in [9.17, 15) is 18.0 Å². The molecule has 9 heteroatoms. The standard InChI is InChI=1S/C12H21N3O5S/c1-9(2)15(6-5-7-16)21(19,20)10-8-13(3)12(18)14(4)11(10)17/h8-9,16H,5-7H2,1-4H3. The maximum atomic E-state index is 12.6. The third kappa shape index (κ3) is 3.42. The minimum Gasteiger partial charge on any atom is -0.396 e. The second kappa shape index (κ2) is 6.54. The number of aromatic nitrogens is 2. The Labute approximate surface area is 123 Å². The highest BCUT2D eigenvalue weighted by molar-refractivity contribution is 7.89. The van der Waals surface area contributed by atoms with Crippen LogP contribution in [0.15, 0.2) is 20.7 Å². The van der Waals surface area contributed by atoms with E-state index in [-0.39, 0.29) is 25.6 Å². The van der Waals surface area contributed by atoms with Crippen molar-refractivity contribution in [3.05, 3.63) is 27.0 Å². The quantitative estimate of drug-likeness (QED) is 0.714. The third-order valence-corrected chi connectivity index (χ3v) is 5.17. The molecule has 21 heavy (non-hydrogen) atoms. The highest BCUT2D eigenvalue weighted by Crippen LogP contribution is 2.14. The van der Waals surface area contributed by atoms with Gasteiger partial charge >= 0.3 is 5.69 Å². The van der Waals surface area contributed by atoms with Crippen LogP contribution in [0.1, 0.15) is 20.3 Å². The van der Waals surface area contributed by atoms with Crippen LogP contribution in [0.4, 0.5) is 0 Å². The van der Waals surface area contributed by atoms with Crippen molar-refractivity contribution in [3.8, 4) is 0 Å². The van der Waals surface area contributed by atoms with Crippen molar-refractivity contribution in [2.24, 2.45) is 14.1 Å². The van der Waals surface area contributed by atoms with Gasteiger partial charge in [0, 0.05) is 39.5 Å². The lowest BCUT2D eigenvalue weighted by atomic mass is 10.3. The van der Waals surface area contributed by atoms with Crippen molar-refractivity contribution in [3.63, 3.8) is 0 Å². The number of hydrogen-bond acceptors (Lipinski definition) is 5. The maximum absolute atomic E-state index is 12.6. The number of hydrogen-bond donors (Lipinski definition) is 1. The van der Waals surface area contributed by atoms with Gasteiger partial charge in [0.05, 0.1) is 0 Å². The van der Waals surface area contributed by atoms with Gasteiger partial charge in [-0.25, -0.2) is 13.2 Å². The van der Waals surface area contributed by atoms with Crippen LogP contribution in [0.5, 0.6) is 0 Å². The lowest BCUT2D eigenvalue weighted by Gasteiger charge is -2.25. The van der Waals surface area contributed by atoms with Crippen molar-refractivity contribution in [1.82, 2.24) is 13.4 Å². The second-order valence-electron chi connectivity index (χ2n) is 5.04. The summed E-state index contributed by atoms with van der Waals surface area (Å²) in [7, 11) is -1.42. The van der Waals surface area contributed by atoms with E-state index in [2.05, 4.69) is 0 Å². The van der Waals surface area contributed by atoms with Gasteiger partial charge in [0.25, 0.3) is 5.56 Å². The van der Waals surface area contributed by atoms with Gasteiger partial charge in [-0.05, 0) is 20.3 Å². The minimum atomic E-state index is -4.04. The van der Waals surface area contributed by atoms with Gasteiger partial charge in [0.15, 0.2) is 4.90 Å². The van der Waals surface area contributed by atoms with Crippen molar-refractivity contribution in [2.45, 2.75) is 31.2 Å². The summed E-state index contributed by atoms with van der Waals surface area (Å²) in [5.74, 6) is 0. The molecule has 1 heterocycles. The number of rotatable bonds is 6. The molecule has 0 aromatic carbocycles. The molecule has 1 aromatic heterocycles. The summed E-state index contributed by atoms with van der Waals surface area (Å²) in [5.41, 5.74) is -1.45. The lowest BCUT2D eigenvalue weighted by molar-refractivity contribution is 0.258. The molecule has 0 aliphatic heterocycles. The maximum Gasteiger partial charge on any atom is 0.330 e. The average Bonchev–Trinajstić information content (AvgIpc) is 2.40. The molecule has 1 aromatic rings. The molecule has 0 saturated heterocycles. The van der Waals surface area contributed by atoms with E-state index in [4.69, 9.17) is 5.11 Å². The molecule has 1 rings (SSSR count). The second-order valence-corrected chi connectivity index (χ2v) is 6.90. The number of aliphatic hydroxyl groups is 1. The van der Waals surface area contributed by atoms with E-state index in [0.717, 1.165) is 19.6 Å². The summed E-state index contributed by atoms with van der Waals surface area (Å²) < 4.78 is 28.2. The summed E-state index contributed by atoms with van der Waals surface area (Å²) in [6.07, 6.45) is 1.30. The third-order valence-electron chi connectivity index (χ3n) is 3.11. The highest BCUT2D eigenvalue weighted by Gasteiger charge is 2.30. The predicted octanol–water partition coefficient (Wildman–Crippen LogP) is -1.13. The highest BCUT2D eigenvalue weighted by atomic mass is 32.2. The SMILES string of the molecule is CC(C)N(CCCO)S(=O)(=O)c1cn(C)c(=O)n(C)c1=O. The first kappa shape index (κ1) is 17.6. The molecule has 0 fully saturated rings. The Kier molecular flexibility index (Phi) is 5.48. The van der Waals surface area contributed by atoms with Gasteiger partial charge in [-0.2, -0.15) is 4.31 Å². The summed E-state index contributed by atoms with van der Waals surface area (Å²) in [5, 5.41) is 8.88. The molecule has 0 radical (unpaired) electrons. The molecule has 0 spiro atoms. The van der Waals surface area contributed by atoms with Crippen LogP contribution < -0.4 is 11.2 Å². The van der Waals surface area contributed by atoms with Gasteiger partial charge in [-0.1, -0.05) is 0 Å². The fourth-order valence-electron chi connectivity index (χ4n) is 1.96. The molecule has 0 saturated carbocycles. The smallest absolute Gasteiger partial charge is 0.330 e. The van der Waals surface area contributed by atoms with Crippen LogP contribution in [-0.4, -0.2) is 46.2 Å². The number of aliphatic hydroxyl groups excluding tert-OH is 1. The van der Waals surface area contributed by atoms with E-state index in [1.165, 1.54) is 14.1 Å². The lowest BCUT2D eigenvalue weighted by Crippen LogP contribution is -2.44. The Morgan fingerprint density at radius 3 is 2.33 bits per heavy atom. The normalized spacial score (nSPS) is 12.3. The van der Waals surface area contributed by atoms with Gasteiger partial charge in [-0.3, -0.25) is 9.36 Å². The largest absolute Gasteiger partial charge is 0.396 e. The van der Waals surface area contributed by atoms with Gasteiger partial charge in [0.1, 0.15) is 0 Å². The Bertz CT molecular complexity index is 717. The molecule has 0 unspecified atom stereocenters. The molecular formula is C12H21N3O5S. The molecule has 8 nitrogen and oxygen atoms in total. The zero-order chi connectivity index (χ0) is 16.4. The van der Waals surface area contributed by atoms with Crippen LogP contribution in [-0.2, 0) is 24.1 Å². The molecule has 0 amide bonds. The van der Waals surface area contributed by atoms with Gasteiger partial charge in [-0.15, -0.1) is 0 Å². The summed E-state index contributed by atoms with van der Waals surface area (Å²) in [6, 6.07) is -0.372. The fraction of sp³-hybridized carbons (Fsp3) is 0.667. The zero-order valence-electron chi connectivity index (χ0n) is 12.6. The Morgan fingerprint density at radius 1 is 1.29 bits per heavy atom. The van der Waals surface area contributed by atoms with Crippen molar-refractivity contribution in [1.29, 1.82) is 0 Å². The van der Waals surface area contributed by atoms with E-state index >= 15 is 0 Å². The molecule has 120 valence electrons. The molecule has 0 aliphatic carbocycles. The average molecular weight is 319 g/mol. The zero-order valence-corrected chi connectivity index (χ0v) is 13.4. The minimum absolute atomic E-state index is 0.0997. The molecule has 0 aliphatic rings. The summed E-state index contributed by atoms with van der Waals surface area (Å²) >= 11 is 0. The first-order chi connectivity index (χ1) is 9.64. The topological polar surface area (TPSA) is 102 Å². The summed E-state index contributed by atoms with van der Waals surface area (Å²) in [4.78, 5) is 23.3. The van der Waals surface area contributed by atoms with E-state index < -0.39 is 26.2 Å². The van der Waals surface area contributed by atoms with E-state index in [1.54, 1.807) is 13.8 Å². The van der Waals surface area contributed by atoms with Crippen LogP contribution in [0.2, 0.25) is 0 Å². The predicted molar refractivity (Wildman–Crippen MR) is 77.7 cm³/mol. The monoisotopic (exact) mass is 319 g/mol. The molecule has 1 N–H and O–H groups in total. The van der Waals surface area contributed by atoms with E-state index in [0.29, 0.717) is 0 Å². The van der Waals surface area contributed by atoms with Crippen molar-refractivity contribution in [2.75, 3.05) is 13.2 Å².